The van der Waals surface area contributed by atoms with Gasteiger partial charge in [-0.25, -0.2) is 0 Å². The molecule has 2 unspecified atom stereocenters. The molecule has 0 bridgehead atoms. The van der Waals surface area contributed by atoms with Crippen molar-refractivity contribution in [3.63, 3.8) is 0 Å². The van der Waals surface area contributed by atoms with E-state index in [0.717, 1.165) is 29.7 Å². The molecule has 2 aromatic carbocycles. The minimum atomic E-state index is -0.295. The third-order valence-corrected chi connectivity index (χ3v) is 5.42. The van der Waals surface area contributed by atoms with Crippen molar-refractivity contribution in [1.82, 2.24) is 5.32 Å². The Kier molecular flexibility index (Phi) is 7.42. The lowest BCUT2D eigenvalue weighted by molar-refractivity contribution is -0.126. The molecule has 5 heteroatoms. The second-order valence-electron chi connectivity index (χ2n) is 7.46. The second kappa shape index (κ2) is 10.2. The second-order valence-corrected chi connectivity index (χ2v) is 7.46. The van der Waals surface area contributed by atoms with Gasteiger partial charge in [0.05, 0.1) is 12.0 Å². The number of rotatable bonds is 9. The minimum Gasteiger partial charge on any atom is -0.374 e. The van der Waals surface area contributed by atoms with Crippen LogP contribution in [0.4, 0.5) is 5.69 Å². The smallest absolute Gasteiger partial charge is 0.227 e. The maximum Gasteiger partial charge on any atom is 0.227 e. The van der Waals surface area contributed by atoms with Gasteiger partial charge < -0.3 is 15.0 Å². The Morgan fingerprint density at radius 2 is 1.90 bits per heavy atom. The number of carbonyl (C=O) groups excluding carboxylic acids is 2. The fourth-order valence-corrected chi connectivity index (χ4v) is 3.70. The molecule has 1 fully saturated rings. The molecule has 0 saturated carbocycles. The van der Waals surface area contributed by atoms with Crippen LogP contribution in [0.2, 0.25) is 0 Å². The number of aryl methyl sites for hydroxylation is 1. The summed E-state index contributed by atoms with van der Waals surface area (Å²) in [6.07, 6.45) is 1.90. The molecule has 3 rings (SSSR count). The molecule has 29 heavy (non-hydrogen) atoms. The number of nitrogens with zero attached hydrogens (tertiary/aromatic N) is 1. The van der Waals surface area contributed by atoms with Crippen LogP contribution < -0.4 is 10.2 Å². The van der Waals surface area contributed by atoms with E-state index < -0.39 is 0 Å². The van der Waals surface area contributed by atoms with Gasteiger partial charge in [0.2, 0.25) is 11.8 Å². The van der Waals surface area contributed by atoms with Gasteiger partial charge in [-0.3, -0.25) is 9.59 Å². The average Bonchev–Trinajstić information content (AvgIpc) is 3.15. The number of carbonyl (C=O) groups is 2. The lowest BCUT2D eigenvalue weighted by Crippen LogP contribution is -2.34. The van der Waals surface area contributed by atoms with Crippen LogP contribution >= 0.6 is 0 Å². The first-order chi connectivity index (χ1) is 14.1. The van der Waals surface area contributed by atoms with Gasteiger partial charge >= 0.3 is 0 Å². The van der Waals surface area contributed by atoms with Gasteiger partial charge in [-0.1, -0.05) is 55.5 Å². The molecular weight excluding hydrogens is 364 g/mol. The number of hydrogen-bond acceptors (Lipinski definition) is 3. The van der Waals surface area contributed by atoms with E-state index in [-0.39, 0.29) is 30.3 Å². The maximum atomic E-state index is 12.5. The molecule has 154 valence electrons. The molecule has 0 aromatic heterocycles. The number of nitrogens with one attached hydrogen (secondary N) is 1. The minimum absolute atomic E-state index is 0.0195. The van der Waals surface area contributed by atoms with Crippen LogP contribution in [0.25, 0.3) is 0 Å². The number of benzene rings is 2. The summed E-state index contributed by atoms with van der Waals surface area (Å²) in [7, 11) is 0. The largest absolute Gasteiger partial charge is 0.374 e. The molecule has 0 radical (unpaired) electrons. The van der Waals surface area contributed by atoms with Crippen molar-refractivity contribution < 1.29 is 14.3 Å². The molecule has 1 saturated heterocycles. The summed E-state index contributed by atoms with van der Waals surface area (Å²) in [6.45, 7) is 5.68. The first-order valence-corrected chi connectivity index (χ1v) is 10.4. The molecular formula is C24H30N2O3. The summed E-state index contributed by atoms with van der Waals surface area (Å²) in [5, 5.41) is 2.96. The summed E-state index contributed by atoms with van der Waals surface area (Å²) in [4.78, 5) is 26.7. The fourth-order valence-electron chi connectivity index (χ4n) is 3.70. The zero-order valence-corrected chi connectivity index (χ0v) is 17.3. The third-order valence-electron chi connectivity index (χ3n) is 5.42. The Morgan fingerprint density at radius 3 is 2.66 bits per heavy atom. The van der Waals surface area contributed by atoms with Crippen molar-refractivity contribution in [2.45, 2.75) is 39.2 Å². The highest BCUT2D eigenvalue weighted by molar-refractivity contribution is 6.00. The maximum absolute atomic E-state index is 12.5. The van der Waals surface area contributed by atoms with Gasteiger partial charge in [-0.05, 0) is 37.0 Å². The SMILES string of the molecule is CCc1ccccc1N1CC(C(=O)NCCCOC(C)c2ccccc2)CC1=O. The highest BCUT2D eigenvalue weighted by Gasteiger charge is 2.35. The highest BCUT2D eigenvalue weighted by atomic mass is 16.5. The Bertz CT molecular complexity index is 822. The molecule has 0 aliphatic carbocycles. The molecule has 0 spiro atoms. The summed E-state index contributed by atoms with van der Waals surface area (Å²) < 4.78 is 5.84. The van der Waals surface area contributed by atoms with Crippen LogP contribution in [0, 0.1) is 5.92 Å². The van der Waals surface area contributed by atoms with Crippen molar-refractivity contribution in [2.24, 2.45) is 5.92 Å². The van der Waals surface area contributed by atoms with E-state index in [4.69, 9.17) is 4.74 Å². The summed E-state index contributed by atoms with van der Waals surface area (Å²) in [5.74, 6) is -0.325. The fraction of sp³-hybridized carbons (Fsp3) is 0.417. The average molecular weight is 395 g/mol. The van der Waals surface area contributed by atoms with Gasteiger partial charge in [0.15, 0.2) is 0 Å². The number of para-hydroxylation sites is 1. The van der Waals surface area contributed by atoms with Crippen molar-refractivity contribution in [3.8, 4) is 0 Å². The summed E-state index contributed by atoms with van der Waals surface area (Å²) >= 11 is 0. The number of ether oxygens (including phenoxy) is 1. The van der Waals surface area contributed by atoms with Gasteiger partial charge in [-0.15, -0.1) is 0 Å². The molecule has 1 aliphatic heterocycles. The van der Waals surface area contributed by atoms with Crippen LogP contribution in [0.3, 0.4) is 0 Å². The molecule has 2 aromatic rings. The standard InChI is InChI=1S/C24H30N2O3/c1-3-19-10-7-8-13-22(19)26-17-21(16-23(26)27)24(28)25-14-9-15-29-18(2)20-11-5-4-6-12-20/h4-8,10-13,18,21H,3,9,14-17H2,1-2H3,(H,25,28). The van der Waals surface area contributed by atoms with Crippen molar-refractivity contribution >= 4 is 17.5 Å². The lowest BCUT2D eigenvalue weighted by atomic mass is 10.1. The van der Waals surface area contributed by atoms with Crippen molar-refractivity contribution in [1.29, 1.82) is 0 Å². The van der Waals surface area contributed by atoms with E-state index in [2.05, 4.69) is 12.2 Å². The predicted molar refractivity (Wildman–Crippen MR) is 115 cm³/mol. The normalized spacial score (nSPS) is 17.4. The van der Waals surface area contributed by atoms with Gasteiger partial charge in [0, 0.05) is 31.8 Å². The zero-order valence-electron chi connectivity index (χ0n) is 17.3. The Labute approximate surface area is 173 Å². The molecule has 5 nitrogen and oxygen atoms in total. The van der Waals surface area contributed by atoms with Crippen LogP contribution in [0.15, 0.2) is 54.6 Å². The van der Waals surface area contributed by atoms with Gasteiger partial charge in [0.25, 0.3) is 0 Å². The van der Waals surface area contributed by atoms with Crippen molar-refractivity contribution in [3.05, 3.63) is 65.7 Å². The zero-order chi connectivity index (χ0) is 20.6. The van der Waals surface area contributed by atoms with Gasteiger partial charge in [0.1, 0.15) is 0 Å². The van der Waals surface area contributed by atoms with Crippen LogP contribution in [0.1, 0.15) is 43.9 Å². The molecule has 1 N–H and O–H groups in total. The van der Waals surface area contributed by atoms with Gasteiger partial charge in [-0.2, -0.15) is 0 Å². The Balaban J connectivity index is 1.42. The number of hydrogen-bond donors (Lipinski definition) is 1. The Morgan fingerprint density at radius 1 is 1.17 bits per heavy atom. The molecule has 2 amide bonds. The van der Waals surface area contributed by atoms with Crippen LogP contribution in [0.5, 0.6) is 0 Å². The monoisotopic (exact) mass is 394 g/mol. The molecule has 2 atom stereocenters. The quantitative estimate of drug-likeness (QED) is 0.657. The number of amides is 2. The summed E-state index contributed by atoms with van der Waals surface area (Å²) in [5.41, 5.74) is 3.21. The topological polar surface area (TPSA) is 58.6 Å². The predicted octanol–water partition coefficient (Wildman–Crippen LogP) is 3.89. The van der Waals surface area contributed by atoms with E-state index >= 15 is 0 Å². The molecule has 1 aliphatic rings. The van der Waals surface area contributed by atoms with Crippen LogP contribution in [-0.4, -0.2) is 31.5 Å². The van der Waals surface area contributed by atoms with Crippen LogP contribution in [-0.2, 0) is 20.7 Å². The highest BCUT2D eigenvalue weighted by Crippen LogP contribution is 2.28. The molecule has 1 heterocycles. The van der Waals surface area contributed by atoms with E-state index in [0.29, 0.717) is 19.7 Å². The van der Waals surface area contributed by atoms with E-state index in [1.165, 1.54) is 0 Å². The first kappa shape index (κ1) is 21.1. The van der Waals surface area contributed by atoms with E-state index in [1.54, 1.807) is 4.90 Å². The Hall–Kier alpha value is -2.66. The summed E-state index contributed by atoms with van der Waals surface area (Å²) in [6, 6.07) is 18.0. The third kappa shape index (κ3) is 5.45. The lowest BCUT2D eigenvalue weighted by Gasteiger charge is -2.20. The van der Waals surface area contributed by atoms with Crippen molar-refractivity contribution in [2.75, 3.05) is 24.6 Å². The first-order valence-electron chi connectivity index (χ1n) is 10.4. The number of anilines is 1. The van der Waals surface area contributed by atoms with E-state index in [9.17, 15) is 9.59 Å². The van der Waals surface area contributed by atoms with E-state index in [1.807, 2.05) is 61.5 Å².